The summed E-state index contributed by atoms with van der Waals surface area (Å²) < 4.78 is 1.73. The molecule has 0 radical (unpaired) electrons. The van der Waals surface area contributed by atoms with Gasteiger partial charge >= 0.3 is 5.97 Å². The van der Waals surface area contributed by atoms with Gasteiger partial charge in [-0.3, -0.25) is 9.59 Å². The Morgan fingerprint density at radius 2 is 1.68 bits per heavy atom. The Labute approximate surface area is 165 Å². The maximum atomic E-state index is 12.5. The van der Waals surface area contributed by atoms with Gasteiger partial charge in [0.15, 0.2) is 11.4 Å². The number of anilines is 1. The summed E-state index contributed by atoms with van der Waals surface area (Å²) in [4.78, 5) is 35.5. The van der Waals surface area contributed by atoms with E-state index in [1.54, 1.807) is 24.3 Å². The molecule has 2 aromatic carbocycles. The van der Waals surface area contributed by atoms with Crippen molar-refractivity contribution in [2.75, 3.05) is 5.32 Å². The minimum absolute atomic E-state index is 0.0788. The number of carboxylic acid groups (broad SMARTS) is 1. The molecule has 3 rings (SSSR count). The highest BCUT2D eigenvalue weighted by Crippen LogP contribution is 2.23. The van der Waals surface area contributed by atoms with Crippen LogP contribution in [0.2, 0.25) is 0 Å². The zero-order chi connectivity index (χ0) is 20.4. The number of amides is 1. The number of hydrogen-bond acceptors (Lipinski definition) is 6. The van der Waals surface area contributed by atoms with Crippen molar-refractivity contribution >= 4 is 33.5 Å². The SMILES string of the molecule is O=C(O)c1ccc(NC(=O)c2nn(-c3ccc(Br)cc3)c(=O)cc2O)cc1O. The standard InChI is InChI=1S/C18H12BrN3O6/c19-9-1-4-11(5-2-9)22-15(25)8-14(24)16(21-22)17(26)20-10-3-6-12(18(27)28)13(23)7-10/h1-8,23-24H,(H,20,26)(H,27,28). The summed E-state index contributed by atoms with van der Waals surface area (Å²) in [6.07, 6.45) is 0. The molecule has 0 saturated carbocycles. The Bertz CT molecular complexity index is 1140. The number of benzene rings is 2. The van der Waals surface area contributed by atoms with Crippen molar-refractivity contribution < 1.29 is 24.9 Å². The third-order valence-corrected chi connectivity index (χ3v) is 4.21. The van der Waals surface area contributed by atoms with Gasteiger partial charge in [0.25, 0.3) is 11.5 Å². The largest absolute Gasteiger partial charge is 0.507 e. The molecule has 10 heteroatoms. The van der Waals surface area contributed by atoms with Crippen LogP contribution >= 0.6 is 15.9 Å². The van der Waals surface area contributed by atoms with E-state index in [0.29, 0.717) is 5.69 Å². The molecule has 9 nitrogen and oxygen atoms in total. The summed E-state index contributed by atoms with van der Waals surface area (Å²) in [7, 11) is 0. The van der Waals surface area contributed by atoms with E-state index >= 15 is 0 Å². The van der Waals surface area contributed by atoms with E-state index in [2.05, 4.69) is 26.3 Å². The van der Waals surface area contributed by atoms with E-state index in [-0.39, 0.29) is 11.3 Å². The molecule has 0 bridgehead atoms. The average molecular weight is 446 g/mol. The number of aromatic hydroxyl groups is 2. The minimum Gasteiger partial charge on any atom is -0.507 e. The van der Waals surface area contributed by atoms with Gasteiger partial charge in [0.05, 0.1) is 5.69 Å². The van der Waals surface area contributed by atoms with Gasteiger partial charge < -0.3 is 20.6 Å². The van der Waals surface area contributed by atoms with Gasteiger partial charge in [0.2, 0.25) is 0 Å². The number of carbonyl (C=O) groups excluding carboxylic acids is 1. The average Bonchev–Trinajstić information content (AvgIpc) is 2.62. The fourth-order valence-electron chi connectivity index (χ4n) is 2.36. The first kappa shape index (κ1) is 19.1. The summed E-state index contributed by atoms with van der Waals surface area (Å²) >= 11 is 3.27. The van der Waals surface area contributed by atoms with Crippen LogP contribution in [-0.2, 0) is 0 Å². The smallest absolute Gasteiger partial charge is 0.339 e. The first-order valence-electron chi connectivity index (χ1n) is 7.73. The topological polar surface area (TPSA) is 142 Å². The van der Waals surface area contributed by atoms with Crippen LogP contribution in [-0.4, -0.2) is 37.0 Å². The highest BCUT2D eigenvalue weighted by Gasteiger charge is 2.18. The van der Waals surface area contributed by atoms with Crippen LogP contribution in [0.3, 0.4) is 0 Å². The van der Waals surface area contributed by atoms with E-state index in [4.69, 9.17) is 5.11 Å². The molecule has 142 valence electrons. The fourth-order valence-corrected chi connectivity index (χ4v) is 2.62. The van der Waals surface area contributed by atoms with Gasteiger partial charge in [-0.1, -0.05) is 15.9 Å². The molecule has 28 heavy (non-hydrogen) atoms. The summed E-state index contributed by atoms with van der Waals surface area (Å²) in [6.45, 7) is 0. The lowest BCUT2D eigenvalue weighted by atomic mass is 10.2. The van der Waals surface area contributed by atoms with Crippen molar-refractivity contribution in [3.8, 4) is 17.2 Å². The van der Waals surface area contributed by atoms with Gasteiger partial charge in [-0.15, -0.1) is 0 Å². The third-order valence-electron chi connectivity index (χ3n) is 3.68. The normalized spacial score (nSPS) is 10.5. The Balaban J connectivity index is 1.95. The van der Waals surface area contributed by atoms with Crippen LogP contribution in [0, 0.1) is 0 Å². The molecule has 0 aliphatic rings. The van der Waals surface area contributed by atoms with Crippen molar-refractivity contribution in [2.45, 2.75) is 0 Å². The molecule has 0 unspecified atom stereocenters. The molecule has 0 saturated heterocycles. The van der Waals surface area contributed by atoms with Crippen molar-refractivity contribution in [3.05, 3.63) is 74.6 Å². The monoisotopic (exact) mass is 445 g/mol. The van der Waals surface area contributed by atoms with Gasteiger partial charge in [-0.05, 0) is 36.4 Å². The zero-order valence-electron chi connectivity index (χ0n) is 14.0. The third kappa shape index (κ3) is 3.86. The minimum atomic E-state index is -1.32. The maximum absolute atomic E-state index is 12.5. The summed E-state index contributed by atoms with van der Waals surface area (Å²) in [5.74, 6) is -3.34. The molecule has 4 N–H and O–H groups in total. The number of nitrogens with zero attached hydrogens (tertiary/aromatic N) is 2. The van der Waals surface area contributed by atoms with E-state index in [0.717, 1.165) is 27.4 Å². The number of aromatic carboxylic acids is 1. The Kier molecular flexibility index (Phi) is 5.14. The van der Waals surface area contributed by atoms with Crippen LogP contribution in [0.25, 0.3) is 5.69 Å². The molecule has 1 heterocycles. The number of nitrogens with one attached hydrogen (secondary N) is 1. The van der Waals surface area contributed by atoms with Crippen molar-refractivity contribution in [1.29, 1.82) is 0 Å². The summed E-state index contributed by atoms with van der Waals surface area (Å²) in [5, 5.41) is 34.9. The quantitative estimate of drug-likeness (QED) is 0.482. The predicted octanol–water partition coefficient (Wildman–Crippen LogP) is 2.36. The molecule has 0 aliphatic heterocycles. The van der Waals surface area contributed by atoms with Crippen LogP contribution in [0.15, 0.2) is 57.8 Å². The number of phenols is 1. The zero-order valence-corrected chi connectivity index (χ0v) is 15.5. The van der Waals surface area contributed by atoms with Gasteiger partial charge in [-0.2, -0.15) is 9.78 Å². The predicted molar refractivity (Wildman–Crippen MR) is 102 cm³/mol. The van der Waals surface area contributed by atoms with Gasteiger partial charge in [0, 0.05) is 22.3 Å². The fraction of sp³-hybridized carbons (Fsp3) is 0. The lowest BCUT2D eigenvalue weighted by Crippen LogP contribution is -2.25. The highest BCUT2D eigenvalue weighted by molar-refractivity contribution is 9.10. The number of carbonyl (C=O) groups is 2. The van der Waals surface area contributed by atoms with E-state index < -0.39 is 34.6 Å². The van der Waals surface area contributed by atoms with Crippen LogP contribution in [0.5, 0.6) is 11.5 Å². The molecular weight excluding hydrogens is 434 g/mol. The molecule has 3 aromatic rings. The molecule has 0 aliphatic carbocycles. The Morgan fingerprint density at radius 1 is 1.00 bits per heavy atom. The molecular formula is C18H12BrN3O6. The molecule has 0 atom stereocenters. The van der Waals surface area contributed by atoms with E-state index in [1.165, 1.54) is 6.07 Å². The van der Waals surface area contributed by atoms with Crippen molar-refractivity contribution in [2.24, 2.45) is 0 Å². The van der Waals surface area contributed by atoms with Crippen molar-refractivity contribution in [1.82, 2.24) is 9.78 Å². The van der Waals surface area contributed by atoms with E-state index in [9.17, 15) is 24.6 Å². The van der Waals surface area contributed by atoms with Crippen molar-refractivity contribution in [3.63, 3.8) is 0 Å². The molecule has 1 aromatic heterocycles. The van der Waals surface area contributed by atoms with Crippen LogP contribution in [0.1, 0.15) is 20.8 Å². The molecule has 1 amide bonds. The van der Waals surface area contributed by atoms with Crippen LogP contribution in [0.4, 0.5) is 5.69 Å². The van der Waals surface area contributed by atoms with Gasteiger partial charge in [0.1, 0.15) is 11.3 Å². The lowest BCUT2D eigenvalue weighted by Gasteiger charge is -2.10. The Hall–Kier alpha value is -3.66. The number of hydrogen-bond donors (Lipinski definition) is 4. The second kappa shape index (κ2) is 7.53. The Morgan fingerprint density at radius 3 is 2.29 bits per heavy atom. The van der Waals surface area contributed by atoms with Crippen LogP contribution < -0.4 is 10.9 Å². The summed E-state index contributed by atoms with van der Waals surface area (Å²) in [6, 6.07) is 10.8. The maximum Gasteiger partial charge on any atom is 0.339 e. The number of rotatable bonds is 4. The first-order valence-corrected chi connectivity index (χ1v) is 8.52. The second-order valence-corrected chi connectivity index (χ2v) is 6.51. The number of halogens is 1. The number of carboxylic acids is 1. The van der Waals surface area contributed by atoms with E-state index in [1.807, 2.05) is 0 Å². The molecule has 0 spiro atoms. The number of aromatic nitrogens is 2. The second-order valence-electron chi connectivity index (χ2n) is 5.60. The first-order chi connectivity index (χ1) is 13.3. The lowest BCUT2D eigenvalue weighted by molar-refractivity contribution is 0.0693. The van der Waals surface area contributed by atoms with Gasteiger partial charge in [-0.25, -0.2) is 4.79 Å². The summed E-state index contributed by atoms with van der Waals surface area (Å²) in [5.41, 5.74) is -0.937. The highest BCUT2D eigenvalue weighted by atomic mass is 79.9. The molecule has 0 fully saturated rings.